The topological polar surface area (TPSA) is 82.5 Å². The largest absolute Gasteiger partial charge is 0.462 e. The van der Waals surface area contributed by atoms with Crippen LogP contribution in [0, 0.1) is 0 Å². The van der Waals surface area contributed by atoms with Crippen molar-refractivity contribution in [2.45, 2.75) is 32.3 Å². The van der Waals surface area contributed by atoms with Crippen molar-refractivity contribution in [1.82, 2.24) is 9.78 Å². The van der Waals surface area contributed by atoms with Crippen molar-refractivity contribution in [3.63, 3.8) is 0 Å². The predicted molar refractivity (Wildman–Crippen MR) is 94.6 cm³/mol. The van der Waals surface area contributed by atoms with Gasteiger partial charge in [-0.3, -0.25) is 4.79 Å². The van der Waals surface area contributed by atoms with Crippen LogP contribution in [0.15, 0.2) is 30.5 Å². The van der Waals surface area contributed by atoms with Crippen LogP contribution in [0.25, 0.3) is 5.69 Å². The fourth-order valence-corrected chi connectivity index (χ4v) is 2.43. The number of carbonyl (C=O) groups is 2. The molecule has 1 N–H and O–H groups in total. The fraction of sp³-hybridized carbons (Fsp3) is 0.389. The van der Waals surface area contributed by atoms with E-state index in [0.717, 1.165) is 13.0 Å². The first-order chi connectivity index (χ1) is 14.3. The molecule has 0 fully saturated rings. The zero-order chi connectivity index (χ0) is 23.4. The van der Waals surface area contributed by atoms with Gasteiger partial charge in [0.2, 0.25) is 0 Å². The number of nitrogens with one attached hydrogen (secondary N) is 1. The Morgan fingerprint density at radius 3 is 2.45 bits per heavy atom. The van der Waals surface area contributed by atoms with E-state index in [9.17, 15) is 35.9 Å². The number of hydrogen-bond donors (Lipinski definition) is 1. The lowest BCUT2D eigenvalue weighted by Crippen LogP contribution is -2.31. The average molecular weight is 453 g/mol. The van der Waals surface area contributed by atoms with E-state index in [2.05, 4.69) is 19.9 Å². The van der Waals surface area contributed by atoms with Crippen LogP contribution in [-0.2, 0) is 20.4 Å². The van der Waals surface area contributed by atoms with Crippen LogP contribution in [0.5, 0.6) is 0 Å². The second kappa shape index (κ2) is 9.37. The zero-order valence-corrected chi connectivity index (χ0v) is 16.2. The first kappa shape index (κ1) is 24.2. The Morgan fingerprint density at radius 2 is 1.87 bits per heavy atom. The molecule has 0 radical (unpaired) electrons. The van der Waals surface area contributed by atoms with Gasteiger partial charge in [-0.25, -0.2) is 9.48 Å². The van der Waals surface area contributed by atoms with Crippen LogP contribution in [0.3, 0.4) is 0 Å². The summed E-state index contributed by atoms with van der Waals surface area (Å²) in [5.74, 6) is -2.15. The number of hydrogen-bond acceptors (Lipinski definition) is 5. The summed E-state index contributed by atoms with van der Waals surface area (Å²) in [6, 6.07) is 4.93. The number of ether oxygens (including phenoxy) is 2. The van der Waals surface area contributed by atoms with Crippen molar-refractivity contribution in [2.24, 2.45) is 0 Å². The second-order valence-electron chi connectivity index (χ2n) is 6.14. The van der Waals surface area contributed by atoms with Gasteiger partial charge in [0.05, 0.1) is 18.5 Å². The standard InChI is InChI=1S/C18H17F6N3O4/c1-3-30-16(29)13-8-25-27(14(13)18(22,23)24)12-6-4-5-11(7-12)26-15(28)10(2)31-9-17(19,20)21/h4-8,10H,3,9H2,1-2H3,(H,26,28)/t10-/m1/s1. The lowest BCUT2D eigenvalue weighted by atomic mass is 10.2. The third-order valence-corrected chi connectivity index (χ3v) is 3.76. The highest BCUT2D eigenvalue weighted by Gasteiger charge is 2.41. The van der Waals surface area contributed by atoms with E-state index in [1.165, 1.54) is 25.1 Å². The number of anilines is 1. The van der Waals surface area contributed by atoms with Gasteiger partial charge in [0.1, 0.15) is 18.3 Å². The van der Waals surface area contributed by atoms with Crippen LogP contribution >= 0.6 is 0 Å². The molecule has 31 heavy (non-hydrogen) atoms. The second-order valence-corrected chi connectivity index (χ2v) is 6.14. The van der Waals surface area contributed by atoms with Crippen molar-refractivity contribution >= 4 is 17.6 Å². The van der Waals surface area contributed by atoms with E-state index in [4.69, 9.17) is 0 Å². The highest BCUT2D eigenvalue weighted by atomic mass is 19.4. The number of halogens is 6. The van der Waals surface area contributed by atoms with Crippen molar-refractivity contribution in [2.75, 3.05) is 18.5 Å². The van der Waals surface area contributed by atoms with E-state index >= 15 is 0 Å². The lowest BCUT2D eigenvalue weighted by molar-refractivity contribution is -0.184. The number of nitrogens with zero attached hydrogens (tertiary/aromatic N) is 2. The summed E-state index contributed by atoms with van der Waals surface area (Å²) < 4.78 is 86.8. The molecule has 0 aliphatic rings. The Labute approximate surface area is 171 Å². The molecule has 0 aliphatic heterocycles. The Kier molecular flexibility index (Phi) is 7.31. The molecular weight excluding hydrogens is 436 g/mol. The van der Waals surface area contributed by atoms with Crippen LogP contribution < -0.4 is 5.32 Å². The maximum atomic E-state index is 13.6. The molecule has 2 aromatic rings. The normalized spacial score (nSPS) is 13.0. The highest BCUT2D eigenvalue weighted by Crippen LogP contribution is 2.34. The SMILES string of the molecule is CCOC(=O)c1cnn(-c2cccc(NC(=O)[C@@H](C)OCC(F)(F)F)c2)c1C(F)(F)F. The number of aromatic nitrogens is 2. The molecule has 0 saturated carbocycles. The Hall–Kier alpha value is -3.09. The summed E-state index contributed by atoms with van der Waals surface area (Å²) in [6.45, 7) is 0.741. The zero-order valence-electron chi connectivity index (χ0n) is 16.2. The van der Waals surface area contributed by atoms with Gasteiger partial charge >= 0.3 is 18.3 Å². The third kappa shape index (κ3) is 6.44. The third-order valence-electron chi connectivity index (χ3n) is 3.76. The molecular formula is C18H17F6N3O4. The molecule has 7 nitrogen and oxygen atoms in total. The maximum absolute atomic E-state index is 13.6. The number of benzene rings is 1. The van der Waals surface area contributed by atoms with Gasteiger partial charge in [0.15, 0.2) is 5.69 Å². The Morgan fingerprint density at radius 1 is 1.19 bits per heavy atom. The fourth-order valence-electron chi connectivity index (χ4n) is 2.43. The number of amides is 1. The van der Waals surface area contributed by atoms with Crippen LogP contribution in [0.1, 0.15) is 29.9 Å². The van der Waals surface area contributed by atoms with Crippen molar-refractivity contribution in [3.05, 3.63) is 41.7 Å². The van der Waals surface area contributed by atoms with Crippen LogP contribution in [-0.4, -0.2) is 47.2 Å². The van der Waals surface area contributed by atoms with E-state index in [1.54, 1.807) is 0 Å². The van der Waals surface area contributed by atoms with Crippen LogP contribution in [0.2, 0.25) is 0 Å². The molecule has 0 bridgehead atoms. The van der Waals surface area contributed by atoms with E-state index < -0.39 is 48.2 Å². The minimum absolute atomic E-state index is 0.0220. The van der Waals surface area contributed by atoms with Gasteiger partial charge in [-0.05, 0) is 32.0 Å². The summed E-state index contributed by atoms with van der Waals surface area (Å²) >= 11 is 0. The average Bonchev–Trinajstić information content (AvgIpc) is 3.11. The van der Waals surface area contributed by atoms with E-state index in [0.29, 0.717) is 10.9 Å². The molecule has 2 rings (SSSR count). The van der Waals surface area contributed by atoms with E-state index in [1.807, 2.05) is 0 Å². The molecule has 0 unspecified atom stereocenters. The molecule has 1 amide bonds. The number of esters is 1. The summed E-state index contributed by atoms with van der Waals surface area (Å²) in [4.78, 5) is 23.9. The molecule has 1 heterocycles. The molecule has 0 saturated heterocycles. The van der Waals surface area contributed by atoms with Gasteiger partial charge < -0.3 is 14.8 Å². The van der Waals surface area contributed by atoms with Gasteiger partial charge in [-0.15, -0.1) is 0 Å². The molecule has 1 aromatic heterocycles. The predicted octanol–water partition coefficient (Wildman–Crippen LogP) is 3.97. The van der Waals surface area contributed by atoms with Gasteiger partial charge in [0.25, 0.3) is 5.91 Å². The minimum atomic E-state index is -4.96. The van der Waals surface area contributed by atoms with Crippen molar-refractivity contribution in [1.29, 1.82) is 0 Å². The smallest absolute Gasteiger partial charge is 0.434 e. The summed E-state index contributed by atoms with van der Waals surface area (Å²) in [5, 5.41) is 5.85. The Balaban J connectivity index is 2.29. The first-order valence-electron chi connectivity index (χ1n) is 8.75. The molecule has 0 spiro atoms. The van der Waals surface area contributed by atoms with Gasteiger partial charge in [-0.1, -0.05) is 6.07 Å². The minimum Gasteiger partial charge on any atom is -0.462 e. The van der Waals surface area contributed by atoms with E-state index in [-0.39, 0.29) is 18.0 Å². The van der Waals surface area contributed by atoms with Gasteiger partial charge in [0, 0.05) is 5.69 Å². The molecule has 170 valence electrons. The maximum Gasteiger partial charge on any atom is 0.434 e. The molecule has 1 atom stereocenters. The van der Waals surface area contributed by atoms with Crippen molar-refractivity contribution in [3.8, 4) is 5.69 Å². The highest BCUT2D eigenvalue weighted by molar-refractivity contribution is 5.94. The number of rotatable bonds is 7. The molecule has 13 heteroatoms. The monoisotopic (exact) mass is 453 g/mol. The number of alkyl halides is 6. The number of carbonyl (C=O) groups excluding carboxylic acids is 2. The van der Waals surface area contributed by atoms with Gasteiger partial charge in [-0.2, -0.15) is 31.4 Å². The Bertz CT molecular complexity index is 939. The van der Waals surface area contributed by atoms with Crippen molar-refractivity contribution < 1.29 is 45.4 Å². The van der Waals surface area contributed by atoms with Crippen LogP contribution in [0.4, 0.5) is 32.0 Å². The summed E-state index contributed by atoms with van der Waals surface area (Å²) in [5.41, 5.74) is -2.36. The lowest BCUT2D eigenvalue weighted by Gasteiger charge is -2.16. The quantitative estimate of drug-likeness (QED) is 0.507. The summed E-state index contributed by atoms with van der Waals surface area (Å²) in [7, 11) is 0. The molecule has 1 aromatic carbocycles. The first-order valence-corrected chi connectivity index (χ1v) is 8.75. The summed E-state index contributed by atoms with van der Waals surface area (Å²) in [6.07, 6.45) is -10.4. The molecule has 0 aliphatic carbocycles.